The molecule has 0 aliphatic carbocycles. The van der Waals surface area contributed by atoms with Gasteiger partial charge in [-0.05, 0) is 36.1 Å². The molecule has 2 rings (SSSR count). The van der Waals surface area contributed by atoms with Crippen molar-refractivity contribution in [1.29, 1.82) is 0 Å². The van der Waals surface area contributed by atoms with Crippen LogP contribution in [0.25, 0.3) is 0 Å². The minimum atomic E-state index is -1.06. The fraction of sp³-hybridized carbons (Fsp3) is 0.444. The number of carboxylic acids is 1. The number of carbonyl (C=O) groups is 3. The first kappa shape index (κ1) is 27.9. The fourth-order valence-electron chi connectivity index (χ4n) is 3.49. The first-order valence-corrected chi connectivity index (χ1v) is 11.3. The van der Waals surface area contributed by atoms with Crippen LogP contribution in [0, 0.1) is 11.8 Å². The zero-order chi connectivity index (χ0) is 25.2. The molecule has 0 saturated carbocycles. The molecule has 2 aromatic rings. The van der Waals surface area contributed by atoms with Crippen LogP contribution in [0.5, 0.6) is 0 Å². The summed E-state index contributed by atoms with van der Waals surface area (Å²) in [4.78, 5) is 37.8. The van der Waals surface area contributed by atoms with E-state index in [0.29, 0.717) is 12.1 Å². The van der Waals surface area contributed by atoms with Gasteiger partial charge in [-0.25, -0.2) is 4.79 Å². The summed E-state index contributed by atoms with van der Waals surface area (Å²) in [6.45, 7) is 12.4. The molecule has 6 heteroatoms. The van der Waals surface area contributed by atoms with Gasteiger partial charge in [0.15, 0.2) is 0 Å². The Labute approximate surface area is 198 Å². The van der Waals surface area contributed by atoms with E-state index in [4.69, 9.17) is 5.11 Å². The van der Waals surface area contributed by atoms with E-state index in [-0.39, 0.29) is 35.3 Å². The number of carbonyl (C=O) groups excluding carboxylic acids is 2. The second kappa shape index (κ2) is 12.8. The number of hydrogen-bond acceptors (Lipinski definition) is 3. The van der Waals surface area contributed by atoms with E-state index >= 15 is 0 Å². The maximum Gasteiger partial charge on any atom is 0.335 e. The molecule has 0 unspecified atom stereocenters. The lowest BCUT2D eigenvalue weighted by Gasteiger charge is -2.33. The van der Waals surface area contributed by atoms with Gasteiger partial charge in [0.2, 0.25) is 11.8 Å². The Kier molecular flexibility index (Phi) is 10.8. The van der Waals surface area contributed by atoms with Crippen molar-refractivity contribution in [2.24, 2.45) is 11.8 Å². The molecule has 0 fully saturated rings. The second-order valence-corrected chi connectivity index (χ2v) is 9.31. The summed E-state index contributed by atoms with van der Waals surface area (Å²) in [6, 6.07) is 16.0. The number of carboxylic acid groups (broad SMARTS) is 1. The molecule has 0 aliphatic heterocycles. The Morgan fingerprint density at radius 3 is 2.09 bits per heavy atom. The van der Waals surface area contributed by atoms with Crippen LogP contribution in [-0.4, -0.2) is 36.5 Å². The molecule has 2 N–H and O–H groups in total. The number of aromatic carboxylic acids is 1. The van der Waals surface area contributed by atoms with E-state index in [2.05, 4.69) is 26.1 Å². The van der Waals surface area contributed by atoms with Crippen molar-refractivity contribution in [1.82, 2.24) is 5.32 Å². The number of rotatable bonds is 8. The molecule has 2 aromatic carbocycles. The standard InChI is InChI=1S/C23H28N2O4.C4H10/c1-5-19(23(2,3)17-11-7-6-8-12-17)21(27)24-15-20(26)25(4)18-13-9-10-16(14-18)22(28)29;1-4(2)3/h6-14,19H,5,15H2,1-4H3,(H,24,27)(H,28,29);4H,1-3H3/t19-;/m1./s1. The van der Waals surface area contributed by atoms with Crippen molar-refractivity contribution < 1.29 is 19.5 Å². The van der Waals surface area contributed by atoms with Gasteiger partial charge in [0, 0.05) is 24.1 Å². The highest BCUT2D eigenvalue weighted by atomic mass is 16.4. The molecule has 2 amide bonds. The van der Waals surface area contributed by atoms with Crippen molar-refractivity contribution in [3.63, 3.8) is 0 Å². The number of benzene rings is 2. The lowest BCUT2D eigenvalue weighted by molar-refractivity contribution is -0.129. The number of hydrogen-bond donors (Lipinski definition) is 2. The summed E-state index contributed by atoms with van der Waals surface area (Å²) in [5.41, 5.74) is 1.24. The van der Waals surface area contributed by atoms with E-state index in [0.717, 1.165) is 11.5 Å². The molecular weight excluding hydrogens is 416 g/mol. The molecule has 180 valence electrons. The van der Waals surface area contributed by atoms with Gasteiger partial charge in [-0.1, -0.05) is 77.9 Å². The lowest BCUT2D eigenvalue weighted by atomic mass is 9.71. The summed E-state index contributed by atoms with van der Waals surface area (Å²) >= 11 is 0. The normalized spacial score (nSPS) is 11.8. The molecule has 0 aromatic heterocycles. The van der Waals surface area contributed by atoms with E-state index in [9.17, 15) is 14.4 Å². The molecule has 33 heavy (non-hydrogen) atoms. The Bertz CT molecular complexity index is 920. The number of likely N-dealkylation sites (N-methyl/N-ethyl adjacent to an activating group) is 1. The average molecular weight is 455 g/mol. The molecule has 6 nitrogen and oxygen atoms in total. The Morgan fingerprint density at radius 1 is 1.00 bits per heavy atom. The zero-order valence-electron chi connectivity index (χ0n) is 20.9. The number of amides is 2. The number of anilines is 1. The molecule has 0 spiro atoms. The van der Waals surface area contributed by atoms with Gasteiger partial charge in [-0.2, -0.15) is 0 Å². The topological polar surface area (TPSA) is 86.7 Å². The van der Waals surface area contributed by atoms with Crippen molar-refractivity contribution in [3.8, 4) is 0 Å². The van der Waals surface area contributed by atoms with Gasteiger partial charge in [-0.3, -0.25) is 9.59 Å². The Hall–Kier alpha value is -3.15. The molecule has 0 aliphatic rings. The van der Waals surface area contributed by atoms with E-state index in [1.165, 1.54) is 17.0 Å². The third-order valence-corrected chi connectivity index (χ3v) is 5.38. The molecule has 0 heterocycles. The van der Waals surface area contributed by atoms with Crippen molar-refractivity contribution >= 4 is 23.5 Å². The maximum atomic E-state index is 12.8. The predicted molar refractivity (Wildman–Crippen MR) is 134 cm³/mol. The van der Waals surface area contributed by atoms with E-state index in [1.54, 1.807) is 19.2 Å². The highest BCUT2D eigenvalue weighted by Crippen LogP contribution is 2.33. The minimum absolute atomic E-state index is 0.0989. The highest BCUT2D eigenvalue weighted by Gasteiger charge is 2.35. The molecular formula is C27H38N2O4. The van der Waals surface area contributed by atoms with Crippen LogP contribution in [0.15, 0.2) is 54.6 Å². The SMILES string of the molecule is CC(C)C.CC[C@H](C(=O)NCC(=O)N(C)c1cccc(C(=O)O)c1)C(C)(C)c1ccccc1. The van der Waals surface area contributed by atoms with Crippen molar-refractivity contribution in [2.45, 2.75) is 53.4 Å². The summed E-state index contributed by atoms with van der Waals surface area (Å²) < 4.78 is 0. The predicted octanol–water partition coefficient (Wildman–Crippen LogP) is 5.13. The minimum Gasteiger partial charge on any atom is -0.478 e. The number of nitrogens with zero attached hydrogens (tertiary/aromatic N) is 1. The Balaban J connectivity index is 0.00000125. The van der Waals surface area contributed by atoms with Crippen molar-refractivity contribution in [3.05, 3.63) is 65.7 Å². The van der Waals surface area contributed by atoms with Crippen LogP contribution in [-0.2, 0) is 15.0 Å². The van der Waals surface area contributed by atoms with Gasteiger partial charge >= 0.3 is 5.97 Å². The van der Waals surface area contributed by atoms with Gasteiger partial charge in [-0.15, -0.1) is 0 Å². The van der Waals surface area contributed by atoms with Crippen LogP contribution in [0.3, 0.4) is 0 Å². The smallest absolute Gasteiger partial charge is 0.335 e. The first-order chi connectivity index (χ1) is 15.4. The van der Waals surface area contributed by atoms with Gasteiger partial charge in [0.25, 0.3) is 0 Å². The first-order valence-electron chi connectivity index (χ1n) is 11.3. The Morgan fingerprint density at radius 2 is 1.58 bits per heavy atom. The molecule has 0 bridgehead atoms. The largest absolute Gasteiger partial charge is 0.478 e. The zero-order valence-corrected chi connectivity index (χ0v) is 20.9. The van der Waals surface area contributed by atoms with Crippen molar-refractivity contribution in [2.75, 3.05) is 18.5 Å². The lowest BCUT2D eigenvalue weighted by Crippen LogP contribution is -2.45. The van der Waals surface area contributed by atoms with E-state index < -0.39 is 5.97 Å². The average Bonchev–Trinajstić information content (AvgIpc) is 2.77. The van der Waals surface area contributed by atoms with Crippen LogP contribution in [0.2, 0.25) is 0 Å². The van der Waals surface area contributed by atoms with Gasteiger partial charge in [0.1, 0.15) is 0 Å². The van der Waals surface area contributed by atoms with Crippen LogP contribution in [0.1, 0.15) is 63.9 Å². The molecule has 0 radical (unpaired) electrons. The summed E-state index contributed by atoms with van der Waals surface area (Å²) in [5, 5.41) is 11.9. The maximum absolute atomic E-state index is 12.8. The third-order valence-electron chi connectivity index (χ3n) is 5.38. The second-order valence-electron chi connectivity index (χ2n) is 9.31. The molecule has 0 saturated heterocycles. The number of nitrogens with one attached hydrogen (secondary N) is 1. The van der Waals surface area contributed by atoms with Gasteiger partial charge in [0.05, 0.1) is 12.1 Å². The monoisotopic (exact) mass is 454 g/mol. The highest BCUT2D eigenvalue weighted by molar-refractivity contribution is 5.98. The quantitative estimate of drug-likeness (QED) is 0.579. The summed E-state index contributed by atoms with van der Waals surface area (Å²) in [6.07, 6.45) is 0.637. The third kappa shape index (κ3) is 8.37. The van der Waals surface area contributed by atoms with Crippen LogP contribution in [0.4, 0.5) is 5.69 Å². The van der Waals surface area contributed by atoms with E-state index in [1.807, 2.05) is 51.1 Å². The summed E-state index contributed by atoms with van der Waals surface area (Å²) in [5.74, 6) is -1.02. The van der Waals surface area contributed by atoms with Crippen LogP contribution >= 0.6 is 0 Å². The summed E-state index contributed by atoms with van der Waals surface area (Å²) in [7, 11) is 1.56. The van der Waals surface area contributed by atoms with Crippen LogP contribution < -0.4 is 10.2 Å². The van der Waals surface area contributed by atoms with Gasteiger partial charge < -0.3 is 15.3 Å². The molecule has 1 atom stereocenters. The fourth-order valence-corrected chi connectivity index (χ4v) is 3.49.